The number of ether oxygens (including phenoxy) is 2. The first-order valence-electron chi connectivity index (χ1n) is 9.06. The topological polar surface area (TPSA) is 99.5 Å². The molecule has 8 nitrogen and oxygen atoms in total. The van der Waals surface area contributed by atoms with Crippen LogP contribution in [0.2, 0.25) is 0 Å². The van der Waals surface area contributed by atoms with Gasteiger partial charge >= 0.3 is 11.9 Å². The summed E-state index contributed by atoms with van der Waals surface area (Å²) in [6.07, 6.45) is 5.97. The molecule has 0 unspecified atom stereocenters. The normalized spacial score (nSPS) is 11.5. The van der Waals surface area contributed by atoms with Gasteiger partial charge in [-0.25, -0.2) is 9.59 Å². The number of hydrogen-bond donors (Lipinski definition) is 2. The molecule has 0 radical (unpaired) electrons. The number of allylic oxidation sites excluding steroid dienone is 1. The van der Waals surface area contributed by atoms with Crippen molar-refractivity contribution in [2.45, 2.75) is 6.92 Å². The minimum absolute atomic E-state index is 0.0129. The summed E-state index contributed by atoms with van der Waals surface area (Å²) in [5, 5.41) is 18.0. The maximum Gasteiger partial charge on any atom is 0.332 e. The predicted octanol–water partition coefficient (Wildman–Crippen LogP) is 0.762. The number of hydrogen-bond acceptors (Lipinski definition) is 10. The first-order valence-corrected chi connectivity index (χ1v) is 11.6. The van der Waals surface area contributed by atoms with Gasteiger partial charge in [0.25, 0.3) is 0 Å². The molecule has 0 aromatic carbocycles. The second-order valence-electron chi connectivity index (χ2n) is 5.58. The highest BCUT2D eigenvalue weighted by molar-refractivity contribution is 8.76. The number of esters is 2. The van der Waals surface area contributed by atoms with Crippen molar-refractivity contribution in [2.24, 2.45) is 0 Å². The molecule has 0 spiro atoms. The molecular weight excluding hydrogens is 404 g/mol. The minimum Gasteiger partial charge on any atom is -0.462 e. The fourth-order valence-electron chi connectivity index (χ4n) is 1.84. The van der Waals surface area contributed by atoms with Gasteiger partial charge in [0, 0.05) is 56.0 Å². The van der Waals surface area contributed by atoms with E-state index in [2.05, 4.69) is 0 Å². The molecule has 0 bridgehead atoms. The SMILES string of the molecule is C/C=C/C(=O)OCCSSCCOC(=O)/C=C/N(CCO)CCN(C)CCO. The molecule has 2 N–H and O–H groups in total. The Kier molecular flexibility index (Phi) is 18.3. The number of aliphatic hydroxyl groups is 2. The standard InChI is InChI=1S/C18H32N2O6S2/c1-3-4-17(23)25-13-15-27-28-16-14-26-18(24)5-6-20(10-12-22)8-7-19(2)9-11-21/h3-6,21-22H,7-16H2,1-2H3/b4-3+,6-5+. The molecule has 162 valence electrons. The van der Waals surface area contributed by atoms with Crippen molar-refractivity contribution < 1.29 is 29.3 Å². The summed E-state index contributed by atoms with van der Waals surface area (Å²) in [5.41, 5.74) is 0. The quantitative estimate of drug-likeness (QED) is 0.147. The number of nitrogens with zero attached hydrogens (tertiary/aromatic N) is 2. The molecule has 0 aliphatic heterocycles. The minimum atomic E-state index is -0.433. The van der Waals surface area contributed by atoms with Gasteiger partial charge in [-0.15, -0.1) is 0 Å². The molecule has 28 heavy (non-hydrogen) atoms. The summed E-state index contributed by atoms with van der Waals surface area (Å²) in [5.74, 6) is 0.531. The smallest absolute Gasteiger partial charge is 0.332 e. The lowest BCUT2D eigenvalue weighted by molar-refractivity contribution is -0.138. The van der Waals surface area contributed by atoms with Crippen molar-refractivity contribution in [1.82, 2.24) is 9.80 Å². The molecule has 0 fully saturated rings. The highest BCUT2D eigenvalue weighted by Gasteiger charge is 2.04. The average molecular weight is 437 g/mol. The van der Waals surface area contributed by atoms with E-state index < -0.39 is 5.97 Å². The lowest BCUT2D eigenvalue weighted by Gasteiger charge is -2.23. The van der Waals surface area contributed by atoms with Crippen LogP contribution >= 0.6 is 21.6 Å². The molecule has 0 aliphatic carbocycles. The Labute approximate surface area is 175 Å². The van der Waals surface area contributed by atoms with Crippen molar-refractivity contribution in [3.8, 4) is 0 Å². The van der Waals surface area contributed by atoms with E-state index in [1.54, 1.807) is 40.8 Å². The van der Waals surface area contributed by atoms with Gasteiger partial charge in [-0.3, -0.25) is 0 Å². The molecule has 0 rings (SSSR count). The van der Waals surface area contributed by atoms with Crippen LogP contribution in [0.3, 0.4) is 0 Å². The molecule has 0 heterocycles. The third-order valence-corrected chi connectivity index (χ3v) is 5.60. The monoisotopic (exact) mass is 436 g/mol. The van der Waals surface area contributed by atoms with Crippen LogP contribution in [0.5, 0.6) is 0 Å². The van der Waals surface area contributed by atoms with Gasteiger partial charge in [0.15, 0.2) is 0 Å². The maximum atomic E-state index is 11.7. The van der Waals surface area contributed by atoms with Crippen LogP contribution in [0.15, 0.2) is 24.4 Å². The highest BCUT2D eigenvalue weighted by atomic mass is 33.1. The lowest BCUT2D eigenvalue weighted by Crippen LogP contribution is -2.33. The Hall–Kier alpha value is -1.20. The molecule has 0 saturated carbocycles. The van der Waals surface area contributed by atoms with Crippen LogP contribution < -0.4 is 0 Å². The number of rotatable bonds is 17. The maximum absolute atomic E-state index is 11.7. The van der Waals surface area contributed by atoms with Crippen molar-refractivity contribution in [1.29, 1.82) is 0 Å². The van der Waals surface area contributed by atoms with E-state index in [1.165, 1.54) is 12.2 Å². The van der Waals surface area contributed by atoms with Gasteiger partial charge in [0.2, 0.25) is 0 Å². The first-order chi connectivity index (χ1) is 13.5. The Morgan fingerprint density at radius 1 is 0.893 bits per heavy atom. The first kappa shape index (κ1) is 26.8. The van der Waals surface area contributed by atoms with Crippen LogP contribution in [0.4, 0.5) is 0 Å². The zero-order valence-corrected chi connectivity index (χ0v) is 18.3. The van der Waals surface area contributed by atoms with E-state index in [-0.39, 0.29) is 19.2 Å². The highest BCUT2D eigenvalue weighted by Crippen LogP contribution is 2.20. The summed E-state index contributed by atoms with van der Waals surface area (Å²) < 4.78 is 10.1. The Morgan fingerprint density at radius 2 is 1.46 bits per heavy atom. The van der Waals surface area contributed by atoms with Gasteiger partial charge in [-0.2, -0.15) is 0 Å². The Morgan fingerprint density at radius 3 is 2.00 bits per heavy atom. The molecular formula is C18H32N2O6S2. The van der Waals surface area contributed by atoms with Gasteiger partial charge in [0.05, 0.1) is 13.2 Å². The zero-order chi connectivity index (χ0) is 21.0. The van der Waals surface area contributed by atoms with Gasteiger partial charge < -0.3 is 29.5 Å². The number of carbonyl (C=O) groups excluding carboxylic acids is 2. The second kappa shape index (κ2) is 19.1. The zero-order valence-electron chi connectivity index (χ0n) is 16.6. The largest absolute Gasteiger partial charge is 0.462 e. The van der Waals surface area contributed by atoms with Crippen LogP contribution in [0, 0.1) is 0 Å². The third-order valence-electron chi connectivity index (χ3n) is 3.27. The molecule has 0 amide bonds. The third kappa shape index (κ3) is 16.9. The van der Waals surface area contributed by atoms with E-state index in [0.717, 1.165) is 0 Å². The summed E-state index contributed by atoms with van der Waals surface area (Å²) in [6, 6.07) is 0. The van der Waals surface area contributed by atoms with Crippen molar-refractivity contribution >= 4 is 33.5 Å². The van der Waals surface area contributed by atoms with Gasteiger partial charge in [0.1, 0.15) is 13.2 Å². The predicted molar refractivity (Wildman–Crippen MR) is 114 cm³/mol. The number of likely N-dealkylation sites (N-methyl/N-ethyl adjacent to an activating group) is 1. The van der Waals surface area contributed by atoms with E-state index in [9.17, 15) is 9.59 Å². The molecule has 0 aromatic heterocycles. The van der Waals surface area contributed by atoms with Crippen LogP contribution in [0.1, 0.15) is 6.92 Å². The van der Waals surface area contributed by atoms with E-state index in [1.807, 2.05) is 16.8 Å². The molecule has 0 saturated heterocycles. The molecule has 0 atom stereocenters. The summed E-state index contributed by atoms with van der Waals surface area (Å²) in [7, 11) is 4.99. The average Bonchev–Trinajstić information content (AvgIpc) is 2.66. The van der Waals surface area contributed by atoms with E-state index in [0.29, 0.717) is 50.9 Å². The van der Waals surface area contributed by atoms with Crippen molar-refractivity contribution in [3.05, 3.63) is 24.4 Å². The van der Waals surface area contributed by atoms with Crippen LogP contribution in [-0.2, 0) is 19.1 Å². The van der Waals surface area contributed by atoms with Crippen molar-refractivity contribution in [3.63, 3.8) is 0 Å². The van der Waals surface area contributed by atoms with E-state index in [4.69, 9.17) is 19.7 Å². The lowest BCUT2D eigenvalue weighted by atomic mass is 10.4. The second-order valence-corrected chi connectivity index (χ2v) is 8.28. The Balaban J connectivity index is 3.85. The number of aliphatic hydroxyl groups excluding tert-OH is 2. The summed E-state index contributed by atoms with van der Waals surface area (Å²) in [4.78, 5) is 26.6. The van der Waals surface area contributed by atoms with Gasteiger partial charge in [-0.05, 0) is 14.0 Å². The summed E-state index contributed by atoms with van der Waals surface area (Å²) in [6.45, 7) is 4.80. The summed E-state index contributed by atoms with van der Waals surface area (Å²) >= 11 is 0. The van der Waals surface area contributed by atoms with E-state index >= 15 is 0 Å². The molecule has 10 heteroatoms. The Bertz CT molecular complexity index is 477. The molecule has 0 aliphatic rings. The number of carbonyl (C=O) groups is 2. The fourth-order valence-corrected chi connectivity index (χ4v) is 3.49. The molecule has 0 aromatic rings. The van der Waals surface area contributed by atoms with Crippen molar-refractivity contribution in [2.75, 3.05) is 71.2 Å². The van der Waals surface area contributed by atoms with Crippen LogP contribution in [0.25, 0.3) is 0 Å². The van der Waals surface area contributed by atoms with Crippen LogP contribution in [-0.4, -0.2) is 103 Å². The van der Waals surface area contributed by atoms with Gasteiger partial charge in [-0.1, -0.05) is 27.7 Å². The fraction of sp³-hybridized carbons (Fsp3) is 0.667.